The first-order valence-corrected chi connectivity index (χ1v) is 29.6. The van der Waals surface area contributed by atoms with Crippen LogP contribution in [-0.2, 0) is 14.3 Å². The molecule has 1 amide bonds. The van der Waals surface area contributed by atoms with Crippen molar-refractivity contribution in [2.24, 2.45) is 0 Å². The fourth-order valence-electron chi connectivity index (χ4n) is 9.25. The lowest BCUT2D eigenvalue weighted by atomic mass is 10.0. The Kier molecular flexibility index (Phi) is 52.9. The van der Waals surface area contributed by atoms with Crippen LogP contribution in [0.15, 0.2) is 24.3 Å². The van der Waals surface area contributed by atoms with E-state index < -0.39 is 18.2 Å². The number of allylic oxidation sites excluding steroid dienone is 4. The van der Waals surface area contributed by atoms with Crippen molar-refractivity contribution in [3.8, 4) is 0 Å². The van der Waals surface area contributed by atoms with E-state index in [4.69, 9.17) is 4.74 Å². The van der Waals surface area contributed by atoms with Crippen LogP contribution in [0.2, 0.25) is 0 Å². The Morgan fingerprint density at radius 3 is 1.09 bits per heavy atom. The highest BCUT2D eigenvalue weighted by Crippen LogP contribution is 2.19. The smallest absolute Gasteiger partial charge is 0.306 e. The zero-order chi connectivity index (χ0) is 48.1. The number of aliphatic hydroxyl groups excluding tert-OH is 2. The van der Waals surface area contributed by atoms with Crippen LogP contribution in [0.1, 0.15) is 323 Å². The van der Waals surface area contributed by atoms with Gasteiger partial charge in [-0.25, -0.2) is 0 Å². The van der Waals surface area contributed by atoms with E-state index >= 15 is 0 Å². The minimum absolute atomic E-state index is 0.0731. The van der Waals surface area contributed by atoms with E-state index in [0.717, 1.165) is 64.2 Å². The van der Waals surface area contributed by atoms with E-state index in [1.54, 1.807) is 0 Å². The Balaban J connectivity index is 4.49. The molecular formula is C60H115NO5. The molecule has 0 aliphatic heterocycles. The van der Waals surface area contributed by atoms with Crippen molar-refractivity contribution in [2.45, 2.75) is 341 Å². The van der Waals surface area contributed by atoms with E-state index in [9.17, 15) is 19.8 Å². The van der Waals surface area contributed by atoms with Crippen LogP contribution in [0.5, 0.6) is 0 Å². The van der Waals surface area contributed by atoms with Gasteiger partial charge in [-0.3, -0.25) is 9.59 Å². The molecule has 6 heteroatoms. The van der Waals surface area contributed by atoms with Crippen molar-refractivity contribution in [2.75, 3.05) is 6.61 Å². The van der Waals surface area contributed by atoms with E-state index in [-0.39, 0.29) is 24.9 Å². The normalized spacial score (nSPS) is 13.2. The summed E-state index contributed by atoms with van der Waals surface area (Å²) in [6, 6.07) is -0.703. The fraction of sp³-hybridized carbons (Fsp3) is 0.900. The van der Waals surface area contributed by atoms with Crippen molar-refractivity contribution in [3.63, 3.8) is 0 Å². The van der Waals surface area contributed by atoms with Crippen LogP contribution in [-0.4, -0.2) is 46.9 Å². The Labute approximate surface area is 411 Å². The summed E-state index contributed by atoms with van der Waals surface area (Å²) in [6.07, 6.45) is 63.9. The van der Waals surface area contributed by atoms with Gasteiger partial charge in [0, 0.05) is 6.42 Å². The molecule has 3 atom stereocenters. The maximum Gasteiger partial charge on any atom is 0.306 e. The molecule has 0 aromatic carbocycles. The maximum atomic E-state index is 13.3. The quantitative estimate of drug-likeness (QED) is 0.0321. The number of ether oxygens (including phenoxy) is 1. The number of carbonyl (C=O) groups excluding carboxylic acids is 2. The summed E-state index contributed by atoms with van der Waals surface area (Å²) in [5.74, 6) is -0.475. The molecule has 0 heterocycles. The number of hydrogen-bond acceptors (Lipinski definition) is 5. The first-order chi connectivity index (χ1) is 32.5. The van der Waals surface area contributed by atoms with Gasteiger partial charge in [0.15, 0.2) is 0 Å². The van der Waals surface area contributed by atoms with Gasteiger partial charge in [-0.2, -0.15) is 0 Å². The van der Waals surface area contributed by atoms with E-state index in [2.05, 4.69) is 50.4 Å². The third kappa shape index (κ3) is 48.8. The number of amides is 1. The summed E-state index contributed by atoms with van der Waals surface area (Å²) in [5.41, 5.74) is 0. The third-order valence-electron chi connectivity index (χ3n) is 13.8. The van der Waals surface area contributed by atoms with Crippen LogP contribution in [0, 0.1) is 0 Å². The molecule has 3 N–H and O–H groups in total. The first kappa shape index (κ1) is 64.3. The zero-order valence-electron chi connectivity index (χ0n) is 44.6. The van der Waals surface area contributed by atoms with Gasteiger partial charge in [0.05, 0.1) is 25.2 Å². The topological polar surface area (TPSA) is 95.9 Å². The van der Waals surface area contributed by atoms with E-state index in [1.807, 2.05) is 0 Å². The van der Waals surface area contributed by atoms with Gasteiger partial charge in [0.1, 0.15) is 6.10 Å². The standard InChI is InChI=1S/C60H115NO5/c1-4-7-10-13-16-19-22-25-27-29-30-32-35-38-41-44-47-50-53-60(65)66-56(51-48-45-42-39-36-33-24-21-18-15-12-9-6-3)54-59(64)61-57(55-62)58(63)52-49-46-43-40-37-34-31-28-26-23-20-17-14-11-8-5-2/h21,24,30,32,56-58,62-63H,4-20,22-23,25-29,31,33-55H2,1-3H3,(H,61,64)/b24-21-,32-30+. The molecule has 0 saturated heterocycles. The minimum Gasteiger partial charge on any atom is -0.462 e. The molecular weight excluding hydrogens is 815 g/mol. The van der Waals surface area contributed by atoms with Crippen molar-refractivity contribution in [1.29, 1.82) is 0 Å². The lowest BCUT2D eigenvalue weighted by Gasteiger charge is -2.24. The number of nitrogens with one attached hydrogen (secondary N) is 1. The monoisotopic (exact) mass is 930 g/mol. The summed E-state index contributed by atoms with van der Waals surface area (Å²) < 4.78 is 5.96. The number of aliphatic hydroxyl groups is 2. The third-order valence-corrected chi connectivity index (χ3v) is 13.8. The Morgan fingerprint density at radius 2 is 0.727 bits per heavy atom. The van der Waals surface area contributed by atoms with Gasteiger partial charge in [-0.05, 0) is 77.0 Å². The fourth-order valence-corrected chi connectivity index (χ4v) is 9.25. The number of rotatable bonds is 54. The van der Waals surface area contributed by atoms with E-state index in [1.165, 1.54) is 212 Å². The van der Waals surface area contributed by atoms with Crippen LogP contribution < -0.4 is 5.32 Å². The van der Waals surface area contributed by atoms with Gasteiger partial charge in [-0.15, -0.1) is 0 Å². The average molecular weight is 931 g/mol. The summed E-state index contributed by atoms with van der Waals surface area (Å²) in [7, 11) is 0. The molecule has 0 aliphatic rings. The predicted molar refractivity (Wildman–Crippen MR) is 287 cm³/mol. The molecule has 3 unspecified atom stereocenters. The first-order valence-electron chi connectivity index (χ1n) is 29.6. The van der Waals surface area contributed by atoms with Gasteiger partial charge < -0.3 is 20.3 Å². The Hall–Kier alpha value is -1.66. The molecule has 0 bridgehead atoms. The van der Waals surface area contributed by atoms with Crippen molar-refractivity contribution >= 4 is 11.9 Å². The van der Waals surface area contributed by atoms with Crippen LogP contribution in [0.4, 0.5) is 0 Å². The largest absolute Gasteiger partial charge is 0.462 e. The van der Waals surface area contributed by atoms with Crippen molar-refractivity contribution in [3.05, 3.63) is 24.3 Å². The molecule has 390 valence electrons. The van der Waals surface area contributed by atoms with Crippen LogP contribution in [0.25, 0.3) is 0 Å². The second-order valence-electron chi connectivity index (χ2n) is 20.4. The summed E-state index contributed by atoms with van der Waals surface area (Å²) in [4.78, 5) is 26.3. The Morgan fingerprint density at radius 1 is 0.424 bits per heavy atom. The second kappa shape index (κ2) is 54.3. The highest BCUT2D eigenvalue weighted by atomic mass is 16.5. The summed E-state index contributed by atoms with van der Waals surface area (Å²) in [6.45, 7) is 6.51. The molecule has 0 spiro atoms. The molecule has 6 nitrogen and oxygen atoms in total. The summed E-state index contributed by atoms with van der Waals surface area (Å²) >= 11 is 0. The van der Waals surface area contributed by atoms with Gasteiger partial charge in [0.25, 0.3) is 0 Å². The average Bonchev–Trinajstić information content (AvgIpc) is 3.31. The second-order valence-corrected chi connectivity index (χ2v) is 20.4. The molecule has 0 radical (unpaired) electrons. The van der Waals surface area contributed by atoms with Crippen molar-refractivity contribution in [1.82, 2.24) is 5.32 Å². The van der Waals surface area contributed by atoms with E-state index in [0.29, 0.717) is 19.3 Å². The van der Waals surface area contributed by atoms with Gasteiger partial charge in [0.2, 0.25) is 5.91 Å². The van der Waals surface area contributed by atoms with Crippen LogP contribution >= 0.6 is 0 Å². The molecule has 0 aliphatic carbocycles. The van der Waals surface area contributed by atoms with Gasteiger partial charge in [-0.1, -0.05) is 257 Å². The summed E-state index contributed by atoms with van der Waals surface area (Å²) in [5, 5.41) is 23.9. The predicted octanol–water partition coefficient (Wildman–Crippen LogP) is 18.2. The number of carbonyl (C=O) groups is 2. The highest BCUT2D eigenvalue weighted by molar-refractivity contribution is 5.77. The molecule has 0 aromatic rings. The highest BCUT2D eigenvalue weighted by Gasteiger charge is 2.24. The SMILES string of the molecule is CCCCCC/C=C\CCCCCCCC(CC(=O)NC(CO)C(O)CCCCCCCCCCCCCCCCCC)OC(=O)CCCCCCC/C=C/CCCCCCCCCCC. The number of esters is 1. The molecule has 0 rings (SSSR count). The molecule has 66 heavy (non-hydrogen) atoms. The lowest BCUT2D eigenvalue weighted by molar-refractivity contribution is -0.151. The Bertz CT molecular complexity index is 1040. The zero-order valence-corrected chi connectivity index (χ0v) is 44.6. The van der Waals surface area contributed by atoms with Gasteiger partial charge >= 0.3 is 5.97 Å². The lowest BCUT2D eigenvalue weighted by Crippen LogP contribution is -2.46. The molecule has 0 aromatic heterocycles. The van der Waals surface area contributed by atoms with Crippen LogP contribution in [0.3, 0.4) is 0 Å². The molecule has 0 fully saturated rings. The maximum absolute atomic E-state index is 13.3. The number of hydrogen-bond donors (Lipinski definition) is 3. The van der Waals surface area contributed by atoms with Crippen molar-refractivity contribution < 1.29 is 24.5 Å². The number of unbranched alkanes of at least 4 members (excludes halogenated alkanes) is 38. The minimum atomic E-state index is -0.789. The molecule has 0 saturated carbocycles.